The Hall–Kier alpha value is -1.87. The van der Waals surface area contributed by atoms with E-state index in [1.165, 1.54) is 16.7 Å². The topological polar surface area (TPSA) is 45.1 Å². The smallest absolute Gasteiger partial charge is 0.115 e. The van der Waals surface area contributed by atoms with Gasteiger partial charge >= 0.3 is 0 Å². The molecule has 1 atom stereocenters. The summed E-state index contributed by atoms with van der Waals surface area (Å²) < 4.78 is 0. The molecule has 1 aromatic carbocycles. The van der Waals surface area contributed by atoms with Crippen molar-refractivity contribution in [3.8, 4) is 5.75 Å². The molecule has 1 aliphatic rings. The SMILES string of the molecule is Oc1ccc2c(c1)CCNC2c1cccnc1. The van der Waals surface area contributed by atoms with Crippen LogP contribution in [0.2, 0.25) is 0 Å². The number of phenolic OH excluding ortho intramolecular Hbond substituents is 1. The summed E-state index contributed by atoms with van der Waals surface area (Å²) in [5, 5.41) is 13.0. The molecule has 0 bridgehead atoms. The summed E-state index contributed by atoms with van der Waals surface area (Å²) in [5.74, 6) is 0.343. The zero-order valence-corrected chi connectivity index (χ0v) is 9.43. The second kappa shape index (κ2) is 4.18. The molecule has 0 aliphatic carbocycles. The van der Waals surface area contributed by atoms with Crippen molar-refractivity contribution in [2.45, 2.75) is 12.5 Å². The second-order valence-corrected chi connectivity index (χ2v) is 4.31. The highest BCUT2D eigenvalue weighted by molar-refractivity contribution is 5.42. The van der Waals surface area contributed by atoms with Crippen LogP contribution in [0.3, 0.4) is 0 Å². The molecule has 0 saturated carbocycles. The Morgan fingerprint density at radius 1 is 1.29 bits per heavy atom. The van der Waals surface area contributed by atoms with Gasteiger partial charge in [0.2, 0.25) is 0 Å². The summed E-state index contributed by atoms with van der Waals surface area (Å²) >= 11 is 0. The first-order valence-electron chi connectivity index (χ1n) is 5.80. The van der Waals surface area contributed by atoms with E-state index < -0.39 is 0 Å². The number of fused-ring (bicyclic) bond motifs is 1. The highest BCUT2D eigenvalue weighted by Crippen LogP contribution is 2.30. The Bertz CT molecular complexity index is 525. The first-order valence-corrected chi connectivity index (χ1v) is 5.80. The molecule has 0 fully saturated rings. The second-order valence-electron chi connectivity index (χ2n) is 4.31. The van der Waals surface area contributed by atoms with Gasteiger partial charge in [-0.15, -0.1) is 0 Å². The van der Waals surface area contributed by atoms with Gasteiger partial charge in [-0.1, -0.05) is 12.1 Å². The van der Waals surface area contributed by atoms with E-state index in [4.69, 9.17) is 0 Å². The number of hydrogen-bond donors (Lipinski definition) is 2. The van der Waals surface area contributed by atoms with Gasteiger partial charge in [-0.05, 0) is 41.3 Å². The lowest BCUT2D eigenvalue weighted by Gasteiger charge is -2.27. The molecular weight excluding hydrogens is 212 g/mol. The van der Waals surface area contributed by atoms with Gasteiger partial charge in [-0.3, -0.25) is 4.98 Å². The molecule has 0 spiro atoms. The van der Waals surface area contributed by atoms with Crippen LogP contribution in [0.4, 0.5) is 0 Å². The largest absolute Gasteiger partial charge is 0.508 e. The summed E-state index contributed by atoms with van der Waals surface area (Å²) in [5.41, 5.74) is 3.62. The highest BCUT2D eigenvalue weighted by Gasteiger charge is 2.21. The van der Waals surface area contributed by atoms with E-state index in [2.05, 4.69) is 16.4 Å². The van der Waals surface area contributed by atoms with Crippen LogP contribution in [0.1, 0.15) is 22.7 Å². The maximum Gasteiger partial charge on any atom is 0.115 e. The zero-order chi connectivity index (χ0) is 11.7. The Labute approximate surface area is 100 Å². The molecule has 2 heterocycles. The number of phenols is 1. The molecule has 1 unspecified atom stereocenters. The highest BCUT2D eigenvalue weighted by atomic mass is 16.3. The monoisotopic (exact) mass is 226 g/mol. The van der Waals surface area contributed by atoms with Crippen LogP contribution >= 0.6 is 0 Å². The van der Waals surface area contributed by atoms with Gasteiger partial charge in [-0.25, -0.2) is 0 Å². The summed E-state index contributed by atoms with van der Waals surface area (Å²) in [4.78, 5) is 4.16. The number of pyridine rings is 1. The van der Waals surface area contributed by atoms with Crippen LogP contribution in [0.15, 0.2) is 42.7 Å². The Morgan fingerprint density at radius 3 is 3.06 bits per heavy atom. The maximum absolute atomic E-state index is 9.51. The molecular formula is C14H14N2O. The number of benzene rings is 1. The number of aromatic hydroxyl groups is 1. The third kappa shape index (κ3) is 1.89. The molecule has 0 amide bonds. The molecule has 1 aromatic heterocycles. The van der Waals surface area contributed by atoms with Gasteiger partial charge in [-0.2, -0.15) is 0 Å². The summed E-state index contributed by atoms with van der Waals surface area (Å²) in [6.07, 6.45) is 4.63. The van der Waals surface area contributed by atoms with Crippen molar-refractivity contribution in [1.82, 2.24) is 10.3 Å². The Balaban J connectivity index is 2.06. The van der Waals surface area contributed by atoms with Crippen molar-refractivity contribution in [1.29, 1.82) is 0 Å². The molecule has 2 N–H and O–H groups in total. The van der Waals surface area contributed by atoms with E-state index in [0.29, 0.717) is 5.75 Å². The van der Waals surface area contributed by atoms with E-state index in [9.17, 15) is 5.11 Å². The number of rotatable bonds is 1. The van der Waals surface area contributed by atoms with E-state index in [1.54, 1.807) is 12.3 Å². The molecule has 2 aromatic rings. The normalized spacial score (nSPS) is 18.7. The predicted molar refractivity (Wildman–Crippen MR) is 65.9 cm³/mol. The minimum atomic E-state index is 0.188. The lowest BCUT2D eigenvalue weighted by Crippen LogP contribution is -2.30. The molecule has 17 heavy (non-hydrogen) atoms. The molecule has 0 saturated heterocycles. The summed E-state index contributed by atoms with van der Waals surface area (Å²) in [7, 11) is 0. The lowest BCUT2D eigenvalue weighted by atomic mass is 9.90. The van der Waals surface area contributed by atoms with Crippen molar-refractivity contribution < 1.29 is 5.11 Å². The van der Waals surface area contributed by atoms with Gasteiger partial charge in [0.1, 0.15) is 5.75 Å². The average molecular weight is 226 g/mol. The summed E-state index contributed by atoms with van der Waals surface area (Å²) in [6, 6.07) is 9.81. The van der Waals surface area contributed by atoms with Crippen LogP contribution < -0.4 is 5.32 Å². The fourth-order valence-corrected chi connectivity index (χ4v) is 2.40. The minimum absolute atomic E-state index is 0.188. The van der Waals surface area contributed by atoms with Crippen LogP contribution in [0.5, 0.6) is 5.75 Å². The molecule has 1 aliphatic heterocycles. The van der Waals surface area contributed by atoms with Crippen LogP contribution in [-0.2, 0) is 6.42 Å². The fourth-order valence-electron chi connectivity index (χ4n) is 2.40. The van der Waals surface area contributed by atoms with Gasteiger partial charge in [0.15, 0.2) is 0 Å². The van der Waals surface area contributed by atoms with Crippen molar-refractivity contribution >= 4 is 0 Å². The van der Waals surface area contributed by atoms with Gasteiger partial charge < -0.3 is 10.4 Å². The van der Waals surface area contributed by atoms with Gasteiger partial charge in [0, 0.05) is 18.9 Å². The first kappa shape index (κ1) is 10.3. The average Bonchev–Trinajstić information content (AvgIpc) is 2.39. The van der Waals surface area contributed by atoms with E-state index in [1.807, 2.05) is 24.4 Å². The maximum atomic E-state index is 9.51. The molecule has 3 heteroatoms. The van der Waals surface area contributed by atoms with Crippen LogP contribution in [0.25, 0.3) is 0 Å². The van der Waals surface area contributed by atoms with Crippen molar-refractivity contribution in [3.63, 3.8) is 0 Å². The van der Waals surface area contributed by atoms with Gasteiger partial charge in [0.25, 0.3) is 0 Å². The quantitative estimate of drug-likeness (QED) is 0.782. The predicted octanol–water partition coefficient (Wildman–Crippen LogP) is 2.02. The lowest BCUT2D eigenvalue weighted by molar-refractivity contribution is 0.471. The van der Waals surface area contributed by atoms with E-state index in [0.717, 1.165) is 13.0 Å². The standard InChI is InChI=1S/C14H14N2O/c17-12-3-4-13-10(8-12)5-7-16-14(13)11-2-1-6-15-9-11/h1-4,6,8-9,14,16-17H,5,7H2. The fraction of sp³-hybridized carbons (Fsp3) is 0.214. The minimum Gasteiger partial charge on any atom is -0.508 e. The van der Waals surface area contributed by atoms with Crippen LogP contribution in [-0.4, -0.2) is 16.6 Å². The molecule has 3 rings (SSSR count). The molecule has 86 valence electrons. The van der Waals surface area contributed by atoms with Crippen molar-refractivity contribution in [2.75, 3.05) is 6.54 Å². The van der Waals surface area contributed by atoms with E-state index in [-0.39, 0.29) is 6.04 Å². The summed E-state index contributed by atoms with van der Waals surface area (Å²) in [6.45, 7) is 0.927. The number of nitrogens with one attached hydrogen (secondary N) is 1. The Morgan fingerprint density at radius 2 is 2.24 bits per heavy atom. The number of nitrogens with zero attached hydrogens (tertiary/aromatic N) is 1. The molecule has 0 radical (unpaired) electrons. The van der Waals surface area contributed by atoms with E-state index >= 15 is 0 Å². The molecule has 3 nitrogen and oxygen atoms in total. The van der Waals surface area contributed by atoms with Gasteiger partial charge in [0.05, 0.1) is 6.04 Å². The Kier molecular flexibility index (Phi) is 2.53. The van der Waals surface area contributed by atoms with Crippen molar-refractivity contribution in [3.05, 3.63) is 59.4 Å². The van der Waals surface area contributed by atoms with Crippen LogP contribution in [0, 0.1) is 0 Å². The first-order chi connectivity index (χ1) is 8.34. The third-order valence-electron chi connectivity index (χ3n) is 3.20. The van der Waals surface area contributed by atoms with Crippen molar-refractivity contribution in [2.24, 2.45) is 0 Å². The number of hydrogen-bond acceptors (Lipinski definition) is 3. The number of aromatic nitrogens is 1. The third-order valence-corrected chi connectivity index (χ3v) is 3.20. The zero-order valence-electron chi connectivity index (χ0n) is 9.43.